The summed E-state index contributed by atoms with van der Waals surface area (Å²) in [5.74, 6) is 1.73. The molecule has 0 aliphatic carbocycles. The van der Waals surface area contributed by atoms with Gasteiger partial charge in [0.25, 0.3) is 0 Å². The van der Waals surface area contributed by atoms with Crippen LogP contribution in [0.15, 0.2) is 12.1 Å². The highest BCUT2D eigenvalue weighted by Crippen LogP contribution is 2.39. The van der Waals surface area contributed by atoms with Crippen molar-refractivity contribution in [1.29, 1.82) is 0 Å². The van der Waals surface area contributed by atoms with Crippen LogP contribution in [0.25, 0.3) is 0 Å². The highest BCUT2D eigenvalue weighted by atomic mass is 35.5. The molecular formula is C11H13Cl2NOS. The molecule has 1 aromatic rings. The lowest BCUT2D eigenvalue weighted by Crippen LogP contribution is -2.28. The second-order valence-corrected chi connectivity index (χ2v) is 5.70. The van der Waals surface area contributed by atoms with E-state index in [2.05, 4.69) is 5.32 Å². The van der Waals surface area contributed by atoms with Gasteiger partial charge in [-0.1, -0.05) is 23.2 Å². The second kappa shape index (κ2) is 5.50. The largest absolute Gasteiger partial charge is 0.495 e. The Labute approximate surface area is 110 Å². The molecule has 1 fully saturated rings. The lowest BCUT2D eigenvalue weighted by Gasteiger charge is -2.24. The van der Waals surface area contributed by atoms with Crippen molar-refractivity contribution in [3.63, 3.8) is 0 Å². The molecule has 1 aromatic carbocycles. The fourth-order valence-corrected chi connectivity index (χ4v) is 3.47. The van der Waals surface area contributed by atoms with Gasteiger partial charge in [0.15, 0.2) is 0 Å². The van der Waals surface area contributed by atoms with Crippen molar-refractivity contribution in [2.24, 2.45) is 0 Å². The minimum atomic E-state index is 0.379. The predicted molar refractivity (Wildman–Crippen MR) is 71.1 cm³/mol. The third kappa shape index (κ3) is 2.59. The third-order valence-corrected chi connectivity index (χ3v) is 4.43. The van der Waals surface area contributed by atoms with Crippen LogP contribution < -0.4 is 10.1 Å². The van der Waals surface area contributed by atoms with Crippen LogP contribution in [-0.4, -0.2) is 26.0 Å². The van der Waals surface area contributed by atoms with Crippen molar-refractivity contribution in [3.8, 4) is 5.75 Å². The van der Waals surface area contributed by atoms with E-state index < -0.39 is 0 Å². The molecule has 0 amide bonds. The number of thioether (sulfide) groups is 1. The molecule has 1 atom stereocenters. The monoisotopic (exact) mass is 277 g/mol. The van der Waals surface area contributed by atoms with E-state index in [9.17, 15) is 0 Å². The van der Waals surface area contributed by atoms with E-state index >= 15 is 0 Å². The number of benzene rings is 1. The zero-order chi connectivity index (χ0) is 11.5. The van der Waals surface area contributed by atoms with E-state index in [0.717, 1.165) is 29.4 Å². The average Bonchev–Trinajstić information content (AvgIpc) is 2.32. The van der Waals surface area contributed by atoms with E-state index in [1.165, 1.54) is 0 Å². The molecule has 0 saturated carbocycles. The summed E-state index contributed by atoms with van der Waals surface area (Å²) >= 11 is 14.2. The van der Waals surface area contributed by atoms with Crippen LogP contribution in [0.3, 0.4) is 0 Å². The van der Waals surface area contributed by atoms with Crippen LogP contribution in [0.5, 0.6) is 5.75 Å². The summed E-state index contributed by atoms with van der Waals surface area (Å²) in [4.78, 5) is 0. The van der Waals surface area contributed by atoms with Gasteiger partial charge in [0.1, 0.15) is 5.75 Å². The number of hydrogen-bond acceptors (Lipinski definition) is 3. The van der Waals surface area contributed by atoms with Gasteiger partial charge in [0.05, 0.1) is 12.1 Å². The summed E-state index contributed by atoms with van der Waals surface area (Å²) in [5.41, 5.74) is 1.09. The van der Waals surface area contributed by atoms with Gasteiger partial charge in [0, 0.05) is 35.2 Å². The number of hydrogen-bond donors (Lipinski definition) is 1. The maximum Gasteiger partial charge on any atom is 0.138 e. The summed E-state index contributed by atoms with van der Waals surface area (Å²) in [6.07, 6.45) is 0. The molecular weight excluding hydrogens is 265 g/mol. The Morgan fingerprint density at radius 1 is 1.38 bits per heavy atom. The van der Waals surface area contributed by atoms with E-state index in [-0.39, 0.29) is 0 Å². The zero-order valence-corrected chi connectivity index (χ0v) is 11.3. The summed E-state index contributed by atoms with van der Waals surface area (Å²) in [6, 6.07) is 3.70. The van der Waals surface area contributed by atoms with Crippen LogP contribution in [-0.2, 0) is 0 Å². The van der Waals surface area contributed by atoms with Crippen molar-refractivity contribution in [1.82, 2.24) is 5.32 Å². The molecule has 1 unspecified atom stereocenters. The zero-order valence-electron chi connectivity index (χ0n) is 8.93. The van der Waals surface area contributed by atoms with Gasteiger partial charge in [0.2, 0.25) is 0 Å². The summed E-state index contributed by atoms with van der Waals surface area (Å²) in [6.45, 7) is 2.00. The minimum Gasteiger partial charge on any atom is -0.495 e. The predicted octanol–water partition coefficient (Wildman–Crippen LogP) is 3.38. The fourth-order valence-electron chi connectivity index (χ4n) is 1.71. The molecule has 5 heteroatoms. The number of halogens is 2. The van der Waals surface area contributed by atoms with Crippen molar-refractivity contribution in [2.75, 3.05) is 26.0 Å². The van der Waals surface area contributed by atoms with Gasteiger partial charge in [-0.2, -0.15) is 11.8 Å². The molecule has 2 nitrogen and oxygen atoms in total. The molecule has 0 spiro atoms. The molecule has 1 aliphatic rings. The van der Waals surface area contributed by atoms with Gasteiger partial charge in [-0.25, -0.2) is 0 Å². The Kier molecular flexibility index (Phi) is 4.25. The van der Waals surface area contributed by atoms with Crippen LogP contribution in [0.2, 0.25) is 10.0 Å². The third-order valence-electron chi connectivity index (χ3n) is 2.55. The van der Waals surface area contributed by atoms with Crippen molar-refractivity contribution >= 4 is 35.0 Å². The fraction of sp³-hybridized carbons (Fsp3) is 0.455. The quantitative estimate of drug-likeness (QED) is 0.896. The van der Waals surface area contributed by atoms with Gasteiger partial charge >= 0.3 is 0 Å². The summed E-state index contributed by atoms with van der Waals surface area (Å²) in [7, 11) is 1.59. The molecule has 1 heterocycles. The van der Waals surface area contributed by atoms with E-state index in [4.69, 9.17) is 27.9 Å². The molecule has 1 aliphatic heterocycles. The first-order valence-electron chi connectivity index (χ1n) is 5.07. The SMILES string of the molecule is COc1cc(Cl)c(C2CNCCS2)cc1Cl. The van der Waals surface area contributed by atoms with E-state index in [0.29, 0.717) is 16.0 Å². The maximum atomic E-state index is 6.23. The molecule has 0 bridgehead atoms. The smallest absolute Gasteiger partial charge is 0.138 e. The lowest BCUT2D eigenvalue weighted by atomic mass is 10.1. The minimum absolute atomic E-state index is 0.379. The Morgan fingerprint density at radius 3 is 2.81 bits per heavy atom. The Hall–Kier alpha value is -0.0900. The standard InChI is InChI=1S/C11H13Cl2NOS/c1-15-10-5-8(12)7(4-9(10)13)11-6-14-2-3-16-11/h4-5,11,14H,2-3,6H2,1H3. The number of rotatable bonds is 2. The van der Waals surface area contributed by atoms with Crippen LogP contribution in [0.4, 0.5) is 0 Å². The Bertz CT molecular complexity index is 380. The van der Waals surface area contributed by atoms with Gasteiger partial charge in [-0.15, -0.1) is 0 Å². The average molecular weight is 278 g/mol. The van der Waals surface area contributed by atoms with Crippen molar-refractivity contribution < 1.29 is 4.74 Å². The van der Waals surface area contributed by atoms with Crippen molar-refractivity contribution in [3.05, 3.63) is 27.7 Å². The molecule has 88 valence electrons. The first-order chi connectivity index (χ1) is 7.72. The van der Waals surface area contributed by atoms with Gasteiger partial charge in [-0.05, 0) is 11.6 Å². The Balaban J connectivity index is 2.29. The second-order valence-electron chi connectivity index (χ2n) is 3.57. The molecule has 1 N–H and O–H groups in total. The van der Waals surface area contributed by atoms with Crippen LogP contribution >= 0.6 is 35.0 Å². The van der Waals surface area contributed by atoms with Gasteiger partial charge in [-0.3, -0.25) is 0 Å². The number of methoxy groups -OCH3 is 1. The topological polar surface area (TPSA) is 21.3 Å². The Morgan fingerprint density at radius 2 is 2.19 bits per heavy atom. The van der Waals surface area contributed by atoms with Crippen molar-refractivity contribution in [2.45, 2.75) is 5.25 Å². The molecule has 1 saturated heterocycles. The number of nitrogens with one attached hydrogen (secondary N) is 1. The highest BCUT2D eigenvalue weighted by molar-refractivity contribution is 7.99. The molecule has 0 radical (unpaired) electrons. The lowest BCUT2D eigenvalue weighted by molar-refractivity contribution is 0.415. The van der Waals surface area contributed by atoms with E-state index in [1.807, 2.05) is 17.8 Å². The molecule has 0 aromatic heterocycles. The first-order valence-corrected chi connectivity index (χ1v) is 6.88. The first kappa shape index (κ1) is 12.4. The van der Waals surface area contributed by atoms with E-state index in [1.54, 1.807) is 13.2 Å². The van der Waals surface area contributed by atoms with Gasteiger partial charge < -0.3 is 10.1 Å². The van der Waals surface area contributed by atoms with Crippen LogP contribution in [0, 0.1) is 0 Å². The van der Waals surface area contributed by atoms with Crippen LogP contribution in [0.1, 0.15) is 10.8 Å². The molecule has 2 rings (SSSR count). The normalized spacial score (nSPS) is 20.8. The molecule has 16 heavy (non-hydrogen) atoms. The maximum absolute atomic E-state index is 6.23. The highest BCUT2D eigenvalue weighted by Gasteiger charge is 2.20. The summed E-state index contributed by atoms with van der Waals surface area (Å²) in [5, 5.41) is 5.08. The number of ether oxygens (including phenoxy) is 1. The summed E-state index contributed by atoms with van der Waals surface area (Å²) < 4.78 is 5.13.